The van der Waals surface area contributed by atoms with E-state index in [0.717, 1.165) is 25.7 Å². The molecule has 2 rings (SSSR count). The summed E-state index contributed by atoms with van der Waals surface area (Å²) in [5.74, 6) is -0.258. The van der Waals surface area contributed by atoms with Crippen LogP contribution < -0.4 is 5.32 Å². The van der Waals surface area contributed by atoms with Crippen molar-refractivity contribution >= 4 is 5.91 Å². The molecule has 9 N–H and O–H groups in total. The highest BCUT2D eigenvalue weighted by molar-refractivity contribution is 5.76. The normalized spacial score (nSPS) is 36.9. The first-order chi connectivity index (χ1) is 18.6. The Labute approximate surface area is 228 Å². The smallest absolute Gasteiger partial charge is 0.220 e. The summed E-state index contributed by atoms with van der Waals surface area (Å²) in [5.41, 5.74) is 0. The summed E-state index contributed by atoms with van der Waals surface area (Å²) in [5, 5.41) is 84.3. The number of hydrogen-bond donors (Lipinski definition) is 9. The largest absolute Gasteiger partial charge is 0.394 e. The summed E-state index contributed by atoms with van der Waals surface area (Å²) in [6, 6.07) is -0.810. The van der Waals surface area contributed by atoms with E-state index in [2.05, 4.69) is 5.32 Å². The van der Waals surface area contributed by atoms with Crippen LogP contribution in [0.15, 0.2) is 0 Å². The van der Waals surface area contributed by atoms with E-state index >= 15 is 0 Å². The Morgan fingerprint density at radius 3 is 2.05 bits per heavy atom. The van der Waals surface area contributed by atoms with Crippen LogP contribution >= 0.6 is 0 Å². The molecule has 0 radical (unpaired) electrons. The lowest BCUT2D eigenvalue weighted by Gasteiger charge is -2.46. The van der Waals surface area contributed by atoms with Crippen molar-refractivity contribution < 1.29 is 64.6 Å². The molecular formula is C25H47NO13. The van der Waals surface area contributed by atoms with Crippen molar-refractivity contribution in [2.75, 3.05) is 19.8 Å². The van der Waals surface area contributed by atoms with Gasteiger partial charge in [0.2, 0.25) is 5.91 Å². The fraction of sp³-hybridized carbons (Fsp3) is 0.960. The average Bonchev–Trinajstić information content (AvgIpc) is 2.93. The number of carbonyl (C=O) groups is 1. The molecule has 2 aliphatic heterocycles. The third-order valence-corrected chi connectivity index (χ3v) is 7.07. The first-order valence-corrected chi connectivity index (χ1v) is 13.8. The Kier molecular flexibility index (Phi) is 15.0. The van der Waals surface area contributed by atoms with Gasteiger partial charge in [0.05, 0.1) is 32.0 Å². The molecule has 2 aliphatic rings. The lowest BCUT2D eigenvalue weighted by atomic mass is 9.97. The fourth-order valence-corrected chi connectivity index (χ4v) is 4.56. The van der Waals surface area contributed by atoms with E-state index in [9.17, 15) is 45.6 Å². The molecule has 2 heterocycles. The van der Waals surface area contributed by atoms with Crippen molar-refractivity contribution in [1.82, 2.24) is 5.32 Å². The second kappa shape index (κ2) is 17.1. The quantitative estimate of drug-likeness (QED) is 0.0860. The van der Waals surface area contributed by atoms with Gasteiger partial charge in [-0.1, -0.05) is 39.5 Å². The Morgan fingerprint density at radius 2 is 1.44 bits per heavy atom. The summed E-state index contributed by atoms with van der Waals surface area (Å²) >= 11 is 0. The number of rotatable bonds is 16. The summed E-state index contributed by atoms with van der Waals surface area (Å²) in [7, 11) is 0. The zero-order valence-corrected chi connectivity index (χ0v) is 22.6. The van der Waals surface area contributed by atoms with Crippen molar-refractivity contribution in [2.45, 2.75) is 132 Å². The Bertz CT molecular complexity index is 699. The summed E-state index contributed by atoms with van der Waals surface area (Å²) < 4.78 is 22.1. The third-order valence-electron chi connectivity index (χ3n) is 7.07. The van der Waals surface area contributed by atoms with E-state index in [4.69, 9.17) is 18.9 Å². The van der Waals surface area contributed by atoms with Crippen molar-refractivity contribution in [3.63, 3.8) is 0 Å². The molecule has 0 aromatic heterocycles. The van der Waals surface area contributed by atoms with E-state index in [1.165, 1.54) is 0 Å². The van der Waals surface area contributed by atoms with Crippen LogP contribution in [0, 0.1) is 0 Å². The number of nitrogens with one attached hydrogen (secondary N) is 1. The van der Waals surface area contributed by atoms with Gasteiger partial charge in [-0.15, -0.1) is 0 Å². The number of aliphatic hydroxyl groups is 8. The molecule has 0 aromatic carbocycles. The molecule has 0 saturated carbocycles. The number of unbranched alkanes of at least 4 members (excludes halogenated alkanes) is 3. The predicted molar refractivity (Wildman–Crippen MR) is 134 cm³/mol. The lowest BCUT2D eigenvalue weighted by Crippen LogP contribution is -2.65. The maximum Gasteiger partial charge on any atom is 0.220 e. The van der Waals surface area contributed by atoms with Gasteiger partial charge in [-0.3, -0.25) is 4.79 Å². The van der Waals surface area contributed by atoms with Gasteiger partial charge in [0.1, 0.15) is 48.8 Å². The molecule has 0 spiro atoms. The van der Waals surface area contributed by atoms with Crippen LogP contribution in [0.1, 0.15) is 58.8 Å². The molecule has 0 aromatic rings. The Hall–Kier alpha value is -1.01. The SMILES string of the molecule is CCCCCC(O)C(COC1OC(CO)C(OC2OC(CO)C(O)C(O)C2O)C(O)C1O)NC(=O)CCCC. The summed E-state index contributed by atoms with van der Waals surface area (Å²) in [4.78, 5) is 12.3. The van der Waals surface area contributed by atoms with Crippen LogP contribution in [0.25, 0.3) is 0 Å². The van der Waals surface area contributed by atoms with Crippen LogP contribution in [0.5, 0.6) is 0 Å². The minimum atomic E-state index is -1.77. The first-order valence-electron chi connectivity index (χ1n) is 13.8. The van der Waals surface area contributed by atoms with Gasteiger partial charge in [0.15, 0.2) is 12.6 Å². The Morgan fingerprint density at radius 1 is 0.821 bits per heavy atom. The highest BCUT2D eigenvalue weighted by Crippen LogP contribution is 2.29. The molecule has 2 fully saturated rings. The van der Waals surface area contributed by atoms with Gasteiger partial charge < -0.3 is 65.1 Å². The minimum absolute atomic E-state index is 0.254. The predicted octanol–water partition coefficient (Wildman–Crippen LogP) is -2.76. The van der Waals surface area contributed by atoms with Gasteiger partial charge in [0, 0.05) is 6.42 Å². The molecule has 2 saturated heterocycles. The van der Waals surface area contributed by atoms with Crippen molar-refractivity contribution in [2.24, 2.45) is 0 Å². The highest BCUT2D eigenvalue weighted by atomic mass is 16.7. The minimum Gasteiger partial charge on any atom is -0.394 e. The van der Waals surface area contributed by atoms with Crippen molar-refractivity contribution in [3.05, 3.63) is 0 Å². The maximum absolute atomic E-state index is 12.3. The topological polar surface area (TPSA) is 228 Å². The molecule has 12 unspecified atom stereocenters. The van der Waals surface area contributed by atoms with Gasteiger partial charge in [-0.05, 0) is 12.8 Å². The second-order valence-corrected chi connectivity index (χ2v) is 10.2. The molecule has 39 heavy (non-hydrogen) atoms. The first kappa shape index (κ1) is 34.2. The van der Waals surface area contributed by atoms with Gasteiger partial charge in [-0.25, -0.2) is 0 Å². The van der Waals surface area contributed by atoms with Crippen molar-refractivity contribution in [1.29, 1.82) is 0 Å². The standard InChI is InChI=1S/C25H47NO13/c1-3-5-7-8-14(29)13(26-17(30)9-6-4-2)12-36-24-22(35)20(33)23(16(11-28)38-24)39-25-21(34)19(32)18(31)15(10-27)37-25/h13-16,18-25,27-29,31-35H,3-12H2,1-2H3,(H,26,30). The summed E-state index contributed by atoms with van der Waals surface area (Å²) in [6.45, 7) is 2.32. The zero-order valence-electron chi connectivity index (χ0n) is 22.6. The Balaban J connectivity index is 2.05. The van der Waals surface area contributed by atoms with E-state index in [-0.39, 0.29) is 18.9 Å². The number of aliphatic hydroxyl groups excluding tert-OH is 8. The number of carbonyl (C=O) groups excluding carboxylic acids is 1. The fourth-order valence-electron chi connectivity index (χ4n) is 4.56. The van der Waals surface area contributed by atoms with E-state index in [1.54, 1.807) is 0 Å². The molecule has 1 amide bonds. The van der Waals surface area contributed by atoms with Gasteiger partial charge >= 0.3 is 0 Å². The summed E-state index contributed by atoms with van der Waals surface area (Å²) in [6.07, 6.45) is -11.8. The monoisotopic (exact) mass is 569 g/mol. The molecule has 0 aliphatic carbocycles. The zero-order chi connectivity index (χ0) is 29.1. The van der Waals surface area contributed by atoms with E-state index in [1.807, 2.05) is 13.8 Å². The van der Waals surface area contributed by atoms with Gasteiger partial charge in [-0.2, -0.15) is 0 Å². The van der Waals surface area contributed by atoms with Gasteiger partial charge in [0.25, 0.3) is 0 Å². The molecule has 230 valence electrons. The number of amides is 1. The van der Waals surface area contributed by atoms with E-state index < -0.39 is 86.8 Å². The van der Waals surface area contributed by atoms with Crippen LogP contribution in [0.4, 0.5) is 0 Å². The average molecular weight is 570 g/mol. The highest BCUT2D eigenvalue weighted by Gasteiger charge is 2.50. The molecule has 14 heteroatoms. The van der Waals surface area contributed by atoms with Crippen molar-refractivity contribution in [3.8, 4) is 0 Å². The van der Waals surface area contributed by atoms with Crippen LogP contribution in [0.2, 0.25) is 0 Å². The van der Waals surface area contributed by atoms with E-state index in [0.29, 0.717) is 12.8 Å². The number of hydrogen-bond acceptors (Lipinski definition) is 13. The maximum atomic E-state index is 12.3. The van der Waals surface area contributed by atoms with Crippen LogP contribution in [0.3, 0.4) is 0 Å². The second-order valence-electron chi connectivity index (χ2n) is 10.2. The molecule has 12 atom stereocenters. The molecule has 14 nitrogen and oxygen atoms in total. The molecule has 0 bridgehead atoms. The molecular weight excluding hydrogens is 522 g/mol. The number of ether oxygens (including phenoxy) is 4. The third kappa shape index (κ3) is 9.51. The van der Waals surface area contributed by atoms with Crippen LogP contribution in [-0.4, -0.2) is 140 Å². The van der Waals surface area contributed by atoms with Crippen LogP contribution in [-0.2, 0) is 23.7 Å². The lowest BCUT2D eigenvalue weighted by molar-refractivity contribution is -0.359.